The zero-order valence-corrected chi connectivity index (χ0v) is 12.6. The average Bonchev–Trinajstić information content (AvgIpc) is 2.22. The number of quaternary nitrogens is 1. The van der Waals surface area contributed by atoms with Gasteiger partial charge in [-0.3, -0.25) is 0 Å². The van der Waals surface area contributed by atoms with E-state index in [0.717, 1.165) is 12.1 Å². The molecule has 0 heterocycles. The molecule has 0 saturated heterocycles. The summed E-state index contributed by atoms with van der Waals surface area (Å²) in [5.74, 6) is 0. The van der Waals surface area contributed by atoms with Crippen molar-refractivity contribution >= 4 is 0 Å². The van der Waals surface area contributed by atoms with E-state index in [4.69, 9.17) is 0 Å². The number of nitrogens with zero attached hydrogens (tertiary/aromatic N) is 1. The molecule has 16 heavy (non-hydrogen) atoms. The Labute approximate surface area is 104 Å². The molecular weight excluding hydrogens is 194 g/mol. The van der Waals surface area contributed by atoms with Gasteiger partial charge in [0.05, 0.1) is 25.2 Å². The van der Waals surface area contributed by atoms with Crippen molar-refractivity contribution in [2.75, 3.05) is 13.1 Å². The summed E-state index contributed by atoms with van der Waals surface area (Å²) >= 11 is 0. The maximum atomic E-state index is 2.38. The number of unbranched alkanes of at least 4 members (excludes halogenated alkanes) is 4. The zero-order valence-electron chi connectivity index (χ0n) is 12.6. The Kier molecular flexibility index (Phi) is 8.09. The van der Waals surface area contributed by atoms with Crippen LogP contribution in [0.3, 0.4) is 0 Å². The summed E-state index contributed by atoms with van der Waals surface area (Å²) in [5, 5.41) is 0. The molecule has 1 heteroatoms. The van der Waals surface area contributed by atoms with Crippen molar-refractivity contribution in [3.63, 3.8) is 0 Å². The van der Waals surface area contributed by atoms with Crippen molar-refractivity contribution in [1.29, 1.82) is 0 Å². The minimum Gasteiger partial charge on any atom is -0.320 e. The predicted octanol–water partition coefficient (Wildman–Crippen LogP) is 4.61. The second kappa shape index (κ2) is 8.11. The van der Waals surface area contributed by atoms with Crippen LogP contribution in [-0.4, -0.2) is 29.7 Å². The maximum absolute atomic E-state index is 2.38. The SMILES string of the molecule is CCCCCCC[N+](CC)(C(C)C)C(C)C. The molecular formula is C15H34N+. The molecule has 0 unspecified atom stereocenters. The molecule has 0 bridgehead atoms. The fraction of sp³-hybridized carbons (Fsp3) is 1.00. The Morgan fingerprint density at radius 2 is 1.25 bits per heavy atom. The van der Waals surface area contributed by atoms with Crippen molar-refractivity contribution in [3.8, 4) is 0 Å². The monoisotopic (exact) mass is 228 g/mol. The third-order valence-corrected chi connectivity index (χ3v) is 4.32. The molecule has 0 aliphatic heterocycles. The Bertz CT molecular complexity index is 153. The van der Waals surface area contributed by atoms with Gasteiger partial charge in [0, 0.05) is 0 Å². The third kappa shape index (κ3) is 4.45. The Morgan fingerprint density at radius 1 is 0.750 bits per heavy atom. The van der Waals surface area contributed by atoms with E-state index in [1.807, 2.05) is 0 Å². The van der Waals surface area contributed by atoms with Crippen LogP contribution >= 0.6 is 0 Å². The topological polar surface area (TPSA) is 0 Å². The van der Waals surface area contributed by atoms with E-state index in [0.29, 0.717) is 0 Å². The van der Waals surface area contributed by atoms with E-state index < -0.39 is 0 Å². The first-order chi connectivity index (χ1) is 7.51. The largest absolute Gasteiger partial charge is 0.320 e. The lowest BCUT2D eigenvalue weighted by atomic mass is 10.1. The first kappa shape index (κ1) is 16.0. The second-order valence-corrected chi connectivity index (χ2v) is 5.74. The second-order valence-electron chi connectivity index (χ2n) is 5.74. The summed E-state index contributed by atoms with van der Waals surface area (Å²) in [6.07, 6.45) is 7.02. The highest BCUT2D eigenvalue weighted by atomic mass is 15.4. The standard InChI is InChI=1S/C15H34N/c1-7-9-10-11-12-13-16(8-2,14(3)4)15(5)6/h14-15H,7-13H2,1-6H3/q+1. The van der Waals surface area contributed by atoms with Gasteiger partial charge in [-0.15, -0.1) is 0 Å². The fourth-order valence-electron chi connectivity index (χ4n) is 3.01. The van der Waals surface area contributed by atoms with Crippen LogP contribution in [0.1, 0.15) is 73.6 Å². The van der Waals surface area contributed by atoms with Crippen LogP contribution in [0.4, 0.5) is 0 Å². The average molecular weight is 228 g/mol. The molecule has 0 radical (unpaired) electrons. The normalized spacial score (nSPS) is 12.8. The van der Waals surface area contributed by atoms with E-state index in [9.17, 15) is 0 Å². The zero-order chi connectivity index (χ0) is 12.6. The highest BCUT2D eigenvalue weighted by molar-refractivity contribution is 4.54. The van der Waals surface area contributed by atoms with E-state index in [-0.39, 0.29) is 0 Å². The van der Waals surface area contributed by atoms with Gasteiger partial charge in [0.1, 0.15) is 0 Å². The predicted molar refractivity (Wildman–Crippen MR) is 74.7 cm³/mol. The molecule has 0 aromatic rings. The molecule has 0 spiro atoms. The van der Waals surface area contributed by atoms with Gasteiger partial charge in [-0.05, 0) is 47.5 Å². The van der Waals surface area contributed by atoms with Crippen molar-refractivity contribution in [2.24, 2.45) is 0 Å². The van der Waals surface area contributed by atoms with E-state index >= 15 is 0 Å². The van der Waals surface area contributed by atoms with E-state index in [1.165, 1.54) is 49.7 Å². The number of rotatable bonds is 9. The Hall–Kier alpha value is -0.0400. The smallest absolute Gasteiger partial charge is 0.0835 e. The molecule has 1 nitrogen and oxygen atoms in total. The van der Waals surface area contributed by atoms with Crippen molar-refractivity contribution in [1.82, 2.24) is 0 Å². The lowest BCUT2D eigenvalue weighted by molar-refractivity contribution is -0.965. The molecule has 0 atom stereocenters. The van der Waals surface area contributed by atoms with Gasteiger partial charge in [0.2, 0.25) is 0 Å². The van der Waals surface area contributed by atoms with Crippen LogP contribution in [0.2, 0.25) is 0 Å². The summed E-state index contributed by atoms with van der Waals surface area (Å²) in [6, 6.07) is 1.52. The molecule has 0 fully saturated rings. The van der Waals surface area contributed by atoms with Gasteiger partial charge < -0.3 is 4.48 Å². The first-order valence-corrected chi connectivity index (χ1v) is 7.37. The molecule has 0 aliphatic rings. The molecule has 0 rings (SSSR count). The van der Waals surface area contributed by atoms with Gasteiger partial charge in [0.15, 0.2) is 0 Å². The fourth-order valence-corrected chi connectivity index (χ4v) is 3.01. The van der Waals surface area contributed by atoms with Gasteiger partial charge in [-0.1, -0.05) is 26.2 Å². The minimum absolute atomic E-state index is 0.760. The molecule has 0 amide bonds. The lowest BCUT2D eigenvalue weighted by Gasteiger charge is -2.45. The maximum Gasteiger partial charge on any atom is 0.0835 e. The van der Waals surface area contributed by atoms with Crippen LogP contribution < -0.4 is 0 Å². The van der Waals surface area contributed by atoms with Crippen LogP contribution in [0, 0.1) is 0 Å². The lowest BCUT2D eigenvalue weighted by Crippen LogP contribution is -2.58. The van der Waals surface area contributed by atoms with Crippen molar-refractivity contribution in [2.45, 2.75) is 85.7 Å². The van der Waals surface area contributed by atoms with Gasteiger partial charge >= 0.3 is 0 Å². The summed E-state index contributed by atoms with van der Waals surface area (Å²) in [6.45, 7) is 16.8. The van der Waals surface area contributed by atoms with Gasteiger partial charge in [-0.2, -0.15) is 0 Å². The van der Waals surface area contributed by atoms with Crippen molar-refractivity contribution < 1.29 is 4.48 Å². The number of hydrogen-bond acceptors (Lipinski definition) is 0. The summed E-state index contributed by atoms with van der Waals surface area (Å²) < 4.78 is 1.30. The Balaban J connectivity index is 4.12. The van der Waals surface area contributed by atoms with E-state index in [1.54, 1.807) is 0 Å². The van der Waals surface area contributed by atoms with Crippen molar-refractivity contribution in [3.05, 3.63) is 0 Å². The molecule has 0 aromatic heterocycles. The highest BCUT2D eigenvalue weighted by Gasteiger charge is 2.31. The van der Waals surface area contributed by atoms with Gasteiger partial charge in [-0.25, -0.2) is 0 Å². The van der Waals surface area contributed by atoms with Gasteiger partial charge in [0.25, 0.3) is 0 Å². The van der Waals surface area contributed by atoms with E-state index in [2.05, 4.69) is 41.5 Å². The highest BCUT2D eigenvalue weighted by Crippen LogP contribution is 2.21. The molecule has 0 N–H and O–H groups in total. The van der Waals surface area contributed by atoms with Crippen LogP contribution in [-0.2, 0) is 0 Å². The summed E-state index contributed by atoms with van der Waals surface area (Å²) in [5.41, 5.74) is 0. The van der Waals surface area contributed by atoms with Crippen LogP contribution in [0.5, 0.6) is 0 Å². The van der Waals surface area contributed by atoms with Crippen LogP contribution in [0.25, 0.3) is 0 Å². The molecule has 98 valence electrons. The quantitative estimate of drug-likeness (QED) is 0.399. The summed E-state index contributed by atoms with van der Waals surface area (Å²) in [7, 11) is 0. The molecule has 0 saturated carbocycles. The molecule has 0 aliphatic carbocycles. The Morgan fingerprint density at radius 3 is 1.62 bits per heavy atom. The number of hydrogen-bond donors (Lipinski definition) is 0. The molecule has 0 aromatic carbocycles. The minimum atomic E-state index is 0.760. The van der Waals surface area contributed by atoms with Crippen LogP contribution in [0.15, 0.2) is 0 Å². The third-order valence-electron chi connectivity index (χ3n) is 4.32. The summed E-state index contributed by atoms with van der Waals surface area (Å²) in [4.78, 5) is 0. The first-order valence-electron chi connectivity index (χ1n) is 7.37.